The van der Waals surface area contributed by atoms with Crippen LogP contribution in [0.4, 0.5) is 5.69 Å². The highest BCUT2D eigenvalue weighted by molar-refractivity contribution is 6.32. The maximum absolute atomic E-state index is 10.8. The van der Waals surface area contributed by atoms with Crippen molar-refractivity contribution in [3.8, 4) is 0 Å². The number of nitro benzene ring substituents is 1. The third-order valence-corrected chi connectivity index (χ3v) is 3.34. The number of nitro groups is 1. The first kappa shape index (κ1) is 14.5. The molecule has 0 aliphatic carbocycles. The molecule has 0 aromatic heterocycles. The number of hydrazone groups is 1. The van der Waals surface area contributed by atoms with Crippen molar-refractivity contribution in [3.63, 3.8) is 0 Å². The van der Waals surface area contributed by atoms with Gasteiger partial charge in [0.25, 0.3) is 11.5 Å². The van der Waals surface area contributed by atoms with Gasteiger partial charge in [-0.05, 0) is 25.3 Å². The van der Waals surface area contributed by atoms with Gasteiger partial charge >= 0.3 is 0 Å². The lowest BCUT2D eigenvalue weighted by molar-refractivity contribution is -0.459. The van der Waals surface area contributed by atoms with Crippen molar-refractivity contribution in [1.82, 2.24) is 5.43 Å². The van der Waals surface area contributed by atoms with Crippen LogP contribution >= 0.6 is 11.6 Å². The zero-order chi connectivity index (χ0) is 14.4. The predicted molar refractivity (Wildman–Crippen MR) is 78.1 cm³/mol. The summed E-state index contributed by atoms with van der Waals surface area (Å²) in [6.45, 7) is 0.949. The second kappa shape index (κ2) is 7.00. The highest BCUT2D eigenvalue weighted by Gasteiger charge is 2.12. The second-order valence-electron chi connectivity index (χ2n) is 4.55. The molecule has 0 radical (unpaired) electrons. The zero-order valence-corrected chi connectivity index (χ0v) is 11.7. The van der Waals surface area contributed by atoms with Gasteiger partial charge in [0.15, 0.2) is 0 Å². The monoisotopic (exact) mass is 295 g/mol. The molecule has 1 aromatic rings. The summed E-state index contributed by atoms with van der Waals surface area (Å²) in [6.07, 6.45) is 6.00. The number of rotatable bonds is 3. The third-order valence-electron chi connectivity index (χ3n) is 3.02. The van der Waals surface area contributed by atoms with Crippen molar-refractivity contribution < 1.29 is 9.92 Å². The van der Waals surface area contributed by atoms with Crippen LogP contribution in [-0.2, 0) is 0 Å². The molecule has 1 heterocycles. The molecule has 1 aliphatic rings. The average molecular weight is 296 g/mol. The quantitative estimate of drug-likeness (QED) is 0.500. The van der Waals surface area contributed by atoms with E-state index in [-0.39, 0.29) is 10.7 Å². The Kier molecular flexibility index (Phi) is 5.06. The number of benzene rings is 1. The lowest BCUT2D eigenvalue weighted by Crippen LogP contribution is -2.75. The van der Waals surface area contributed by atoms with Gasteiger partial charge < -0.3 is 0 Å². The summed E-state index contributed by atoms with van der Waals surface area (Å²) in [4.78, 5) is 13.5. The molecule has 0 saturated heterocycles. The number of nitrogens with one attached hydrogen (secondary N) is 2. The lowest BCUT2D eigenvalue weighted by Gasteiger charge is -1.97. The molecule has 0 atom stereocenters. The maximum atomic E-state index is 10.8. The second-order valence-corrected chi connectivity index (χ2v) is 4.96. The van der Waals surface area contributed by atoms with Crippen LogP contribution in [0.2, 0.25) is 5.02 Å². The molecule has 7 heteroatoms. The van der Waals surface area contributed by atoms with Crippen molar-refractivity contribution in [2.75, 3.05) is 6.54 Å². The molecule has 0 spiro atoms. The first-order chi connectivity index (χ1) is 9.66. The van der Waals surface area contributed by atoms with Crippen LogP contribution in [0, 0.1) is 10.1 Å². The molecular formula is C13H16ClN4O2+. The Morgan fingerprint density at radius 3 is 3.05 bits per heavy atom. The molecular weight excluding hydrogens is 280 g/mol. The molecule has 0 unspecified atom stereocenters. The minimum Gasteiger partial charge on any atom is -0.277 e. The van der Waals surface area contributed by atoms with Crippen molar-refractivity contribution in [2.45, 2.75) is 25.7 Å². The van der Waals surface area contributed by atoms with E-state index in [2.05, 4.69) is 15.5 Å². The van der Waals surface area contributed by atoms with Gasteiger partial charge in [0, 0.05) is 11.6 Å². The molecule has 2 N–H and O–H groups in total. The first-order valence-corrected chi connectivity index (χ1v) is 6.87. The van der Waals surface area contributed by atoms with Gasteiger partial charge in [0.05, 0.1) is 24.1 Å². The number of amidine groups is 1. The summed E-state index contributed by atoms with van der Waals surface area (Å²) < 4.78 is 0. The summed E-state index contributed by atoms with van der Waals surface area (Å²) in [5.41, 5.74) is 3.46. The summed E-state index contributed by atoms with van der Waals surface area (Å²) in [5, 5.41) is 15.0. The number of hydrogen-bond donors (Lipinski definition) is 2. The van der Waals surface area contributed by atoms with Crippen molar-refractivity contribution in [2.24, 2.45) is 5.10 Å². The summed E-state index contributed by atoms with van der Waals surface area (Å²) >= 11 is 5.75. The highest BCUT2D eigenvalue weighted by atomic mass is 35.5. The lowest BCUT2D eigenvalue weighted by atomic mass is 10.2. The van der Waals surface area contributed by atoms with E-state index in [1.165, 1.54) is 18.6 Å². The van der Waals surface area contributed by atoms with Crippen LogP contribution in [0.5, 0.6) is 0 Å². The fourth-order valence-electron chi connectivity index (χ4n) is 1.96. The van der Waals surface area contributed by atoms with E-state index in [4.69, 9.17) is 11.6 Å². The predicted octanol–water partition coefficient (Wildman–Crippen LogP) is 1.22. The van der Waals surface area contributed by atoms with Gasteiger partial charge in [-0.1, -0.05) is 22.8 Å². The topological polar surface area (TPSA) is 81.5 Å². The molecule has 0 fully saturated rings. The van der Waals surface area contributed by atoms with Gasteiger partial charge in [-0.2, -0.15) is 5.43 Å². The highest BCUT2D eigenvalue weighted by Crippen LogP contribution is 2.24. The Balaban J connectivity index is 2.02. The van der Waals surface area contributed by atoms with E-state index >= 15 is 0 Å². The van der Waals surface area contributed by atoms with E-state index < -0.39 is 4.92 Å². The molecule has 6 nitrogen and oxygen atoms in total. The molecule has 2 rings (SSSR count). The number of hydrogen-bond acceptors (Lipinski definition) is 4. The van der Waals surface area contributed by atoms with Crippen LogP contribution < -0.4 is 10.4 Å². The number of nitrogens with zero attached hydrogens (tertiary/aromatic N) is 2. The Bertz CT molecular complexity index is 557. The Labute approximate surface area is 121 Å². The first-order valence-electron chi connectivity index (χ1n) is 6.49. The SMILES string of the molecule is O=[N+]([O-])c1cc(C=NNC2=[NH+]CCCCC2)ccc1Cl. The summed E-state index contributed by atoms with van der Waals surface area (Å²) in [5.74, 6) is 0.988. The maximum Gasteiger partial charge on any atom is 0.288 e. The minimum atomic E-state index is -0.505. The van der Waals surface area contributed by atoms with Crippen LogP contribution in [0.15, 0.2) is 23.3 Å². The van der Waals surface area contributed by atoms with Crippen LogP contribution in [0.3, 0.4) is 0 Å². The third kappa shape index (κ3) is 4.03. The minimum absolute atomic E-state index is 0.115. The van der Waals surface area contributed by atoms with E-state index in [0.29, 0.717) is 5.56 Å². The van der Waals surface area contributed by atoms with Gasteiger partial charge in [-0.3, -0.25) is 15.1 Å². The molecule has 20 heavy (non-hydrogen) atoms. The van der Waals surface area contributed by atoms with Crippen LogP contribution in [0.1, 0.15) is 31.2 Å². The van der Waals surface area contributed by atoms with E-state index in [1.54, 1.807) is 12.3 Å². The van der Waals surface area contributed by atoms with E-state index in [9.17, 15) is 10.1 Å². The molecule has 0 amide bonds. The Morgan fingerprint density at radius 2 is 2.25 bits per heavy atom. The molecule has 0 bridgehead atoms. The van der Waals surface area contributed by atoms with Crippen LogP contribution in [0.25, 0.3) is 0 Å². The van der Waals surface area contributed by atoms with Gasteiger partial charge in [0.1, 0.15) is 5.02 Å². The van der Waals surface area contributed by atoms with Crippen molar-refractivity contribution >= 4 is 29.3 Å². The smallest absolute Gasteiger partial charge is 0.277 e. The van der Waals surface area contributed by atoms with Crippen LogP contribution in [-0.4, -0.2) is 23.5 Å². The summed E-state index contributed by atoms with van der Waals surface area (Å²) in [7, 11) is 0. The largest absolute Gasteiger partial charge is 0.288 e. The van der Waals surface area contributed by atoms with Crippen molar-refractivity contribution in [1.29, 1.82) is 0 Å². The number of halogens is 1. The molecule has 0 saturated carbocycles. The van der Waals surface area contributed by atoms with Crippen molar-refractivity contribution in [3.05, 3.63) is 38.9 Å². The standard InChI is InChI=1S/C13H15ClN4O2/c14-11-6-5-10(8-12(11)18(19)20)9-16-17-13-4-2-1-3-7-15-13/h5-6,8-9H,1-4,7H2,(H,15,17)/p+1. The molecule has 1 aromatic carbocycles. The normalized spacial score (nSPS) is 15.8. The molecule has 1 aliphatic heterocycles. The fraction of sp³-hybridized carbons (Fsp3) is 0.385. The Hall–Kier alpha value is -1.95. The van der Waals surface area contributed by atoms with E-state index in [1.807, 2.05) is 0 Å². The van der Waals surface area contributed by atoms with Gasteiger partial charge in [-0.25, -0.2) is 0 Å². The van der Waals surface area contributed by atoms with Gasteiger partial charge in [0.2, 0.25) is 0 Å². The Morgan fingerprint density at radius 1 is 1.40 bits per heavy atom. The van der Waals surface area contributed by atoms with Gasteiger partial charge in [-0.15, -0.1) is 0 Å². The fourth-order valence-corrected chi connectivity index (χ4v) is 2.15. The average Bonchev–Trinajstić information content (AvgIpc) is 2.69. The summed E-state index contributed by atoms with van der Waals surface area (Å²) in [6, 6.07) is 4.59. The molecule has 106 valence electrons. The van der Waals surface area contributed by atoms with E-state index in [0.717, 1.165) is 31.6 Å². The zero-order valence-electron chi connectivity index (χ0n) is 10.9.